The van der Waals surface area contributed by atoms with E-state index in [2.05, 4.69) is 0 Å². The Morgan fingerprint density at radius 2 is 1.76 bits per heavy atom. The Kier molecular flexibility index (Phi) is 5.50. The maximum Gasteiger partial charge on any atom is 0.389 e. The van der Waals surface area contributed by atoms with Crippen molar-refractivity contribution < 1.29 is 22.0 Å². The summed E-state index contributed by atoms with van der Waals surface area (Å²) in [5, 5.41) is 0.779. The minimum absolute atomic E-state index is 0.0311. The van der Waals surface area contributed by atoms with Crippen LogP contribution in [-0.4, -0.2) is 19.9 Å². The Balaban J connectivity index is 1.63. The van der Waals surface area contributed by atoms with Gasteiger partial charge in [-0.2, -0.15) is 13.2 Å². The van der Waals surface area contributed by atoms with Gasteiger partial charge in [-0.3, -0.25) is 9.13 Å². The van der Waals surface area contributed by atoms with E-state index in [4.69, 9.17) is 5.73 Å². The van der Waals surface area contributed by atoms with Gasteiger partial charge in [-0.15, -0.1) is 0 Å². The van der Waals surface area contributed by atoms with Gasteiger partial charge in [0.1, 0.15) is 11.3 Å². The molecule has 180 valence electrons. The molecule has 2 N–H and O–H groups in total. The quantitative estimate of drug-likeness (QED) is 0.370. The second-order valence-corrected chi connectivity index (χ2v) is 8.83. The van der Waals surface area contributed by atoms with Crippen molar-refractivity contribution in [1.29, 1.82) is 0 Å². The number of alkyl halides is 3. The monoisotopic (exact) mass is 478 g/mol. The van der Waals surface area contributed by atoms with E-state index in [1.165, 1.54) is 9.13 Å². The van der Waals surface area contributed by atoms with Gasteiger partial charge < -0.3 is 10.3 Å². The van der Waals surface area contributed by atoms with Crippen LogP contribution in [0.2, 0.25) is 0 Å². The summed E-state index contributed by atoms with van der Waals surface area (Å²) in [5.41, 5.74) is 7.61. The normalized spacial score (nSPS) is 14.5. The molecule has 0 aliphatic heterocycles. The highest BCUT2D eigenvalue weighted by atomic mass is 19.4. The molecule has 0 spiro atoms. The van der Waals surface area contributed by atoms with Crippen molar-refractivity contribution in [1.82, 2.24) is 13.7 Å². The lowest BCUT2D eigenvalue weighted by Gasteiger charge is -2.13. The topological polar surface area (TPSA) is 57.9 Å². The van der Waals surface area contributed by atoms with Gasteiger partial charge in [0, 0.05) is 54.3 Å². The molecular weight excluding hydrogens is 455 g/mol. The van der Waals surface area contributed by atoms with Crippen molar-refractivity contribution in [3.8, 4) is 0 Å². The Bertz CT molecular complexity index is 1440. The van der Waals surface area contributed by atoms with Crippen LogP contribution >= 0.6 is 0 Å². The van der Waals surface area contributed by atoms with Gasteiger partial charge in [-0.1, -0.05) is 6.07 Å². The summed E-state index contributed by atoms with van der Waals surface area (Å²) in [7, 11) is 0. The Labute approximate surface area is 191 Å². The fourth-order valence-electron chi connectivity index (χ4n) is 4.65. The second kappa shape index (κ2) is 8.26. The SMILES string of the molecule is NCc1ccc2c(c1)cc(Cn1c(=O)n(C3CC3)c3c(F)cc(F)cc31)n2CCCC(F)(F)F. The molecule has 1 saturated carbocycles. The zero-order chi connectivity index (χ0) is 24.2. The minimum Gasteiger partial charge on any atom is -0.343 e. The van der Waals surface area contributed by atoms with Crippen molar-refractivity contribution in [2.45, 2.75) is 57.5 Å². The smallest absolute Gasteiger partial charge is 0.343 e. The average molecular weight is 478 g/mol. The number of aryl methyl sites for hydroxylation is 1. The first-order valence-corrected chi connectivity index (χ1v) is 11.1. The average Bonchev–Trinajstić information content (AvgIpc) is 3.49. The van der Waals surface area contributed by atoms with Crippen molar-refractivity contribution in [3.05, 3.63) is 69.8 Å². The summed E-state index contributed by atoms with van der Waals surface area (Å²) in [6.45, 7) is 0.354. The number of nitrogens with two attached hydrogens (primary N) is 1. The summed E-state index contributed by atoms with van der Waals surface area (Å²) in [5.74, 6) is -1.61. The molecule has 34 heavy (non-hydrogen) atoms. The molecular formula is C24H23F5N4O. The number of aromatic nitrogens is 3. The van der Waals surface area contributed by atoms with E-state index in [0.717, 1.165) is 35.9 Å². The molecule has 1 fully saturated rings. The van der Waals surface area contributed by atoms with Gasteiger partial charge in [-0.25, -0.2) is 13.6 Å². The van der Waals surface area contributed by atoms with Gasteiger partial charge in [0.25, 0.3) is 0 Å². The number of imidazole rings is 1. The number of halogens is 5. The summed E-state index contributed by atoms with van der Waals surface area (Å²) in [4.78, 5) is 13.3. The van der Waals surface area contributed by atoms with E-state index in [9.17, 15) is 26.7 Å². The minimum atomic E-state index is -4.28. The van der Waals surface area contributed by atoms with Crippen molar-refractivity contribution in [2.24, 2.45) is 5.73 Å². The molecule has 2 aromatic heterocycles. The second-order valence-electron chi connectivity index (χ2n) is 8.83. The molecule has 0 amide bonds. The molecule has 5 nitrogen and oxygen atoms in total. The molecule has 1 aliphatic rings. The number of benzene rings is 2. The van der Waals surface area contributed by atoms with Crippen LogP contribution < -0.4 is 11.4 Å². The first-order chi connectivity index (χ1) is 16.2. The highest BCUT2D eigenvalue weighted by molar-refractivity contribution is 5.82. The van der Waals surface area contributed by atoms with Gasteiger partial charge in [-0.05, 0) is 43.0 Å². The predicted octanol–water partition coefficient (Wildman–Crippen LogP) is 5.22. The molecule has 2 aromatic carbocycles. The van der Waals surface area contributed by atoms with E-state index in [1.54, 1.807) is 16.7 Å². The van der Waals surface area contributed by atoms with Crippen LogP contribution in [0.1, 0.15) is 43.0 Å². The molecule has 10 heteroatoms. The standard InChI is InChI=1S/C24H23F5N4O/c25-16-10-19(26)22-21(11-16)32(23(34)33(22)17-3-4-17)13-18-9-15-8-14(12-30)2-5-20(15)31(18)7-1-6-24(27,28)29/h2,5,8-11,17H,1,3-4,6-7,12-13,30H2. The molecule has 4 aromatic rings. The van der Waals surface area contributed by atoms with Crippen LogP contribution in [0, 0.1) is 11.6 Å². The first kappa shape index (κ1) is 22.6. The van der Waals surface area contributed by atoms with E-state index >= 15 is 0 Å². The lowest BCUT2D eigenvalue weighted by Crippen LogP contribution is -2.25. The molecule has 1 aliphatic carbocycles. The van der Waals surface area contributed by atoms with Crippen molar-refractivity contribution >= 4 is 21.9 Å². The van der Waals surface area contributed by atoms with Crippen LogP contribution in [0.4, 0.5) is 22.0 Å². The third-order valence-corrected chi connectivity index (χ3v) is 6.34. The van der Waals surface area contributed by atoms with Gasteiger partial charge >= 0.3 is 11.9 Å². The van der Waals surface area contributed by atoms with Crippen LogP contribution in [0.5, 0.6) is 0 Å². The van der Waals surface area contributed by atoms with E-state index < -0.39 is 29.9 Å². The first-order valence-electron chi connectivity index (χ1n) is 11.1. The van der Waals surface area contributed by atoms with Gasteiger partial charge in [0.15, 0.2) is 5.82 Å². The number of hydrogen-bond acceptors (Lipinski definition) is 2. The lowest BCUT2D eigenvalue weighted by molar-refractivity contribution is -0.135. The van der Waals surface area contributed by atoms with Gasteiger partial charge in [0.2, 0.25) is 0 Å². The highest BCUT2D eigenvalue weighted by Crippen LogP contribution is 2.37. The van der Waals surface area contributed by atoms with E-state index in [1.807, 2.05) is 12.1 Å². The van der Waals surface area contributed by atoms with E-state index in [-0.39, 0.29) is 36.6 Å². The van der Waals surface area contributed by atoms with Crippen molar-refractivity contribution in [3.63, 3.8) is 0 Å². The lowest BCUT2D eigenvalue weighted by atomic mass is 10.1. The summed E-state index contributed by atoms with van der Waals surface area (Å²) >= 11 is 0. The van der Waals surface area contributed by atoms with Crippen LogP contribution in [0.3, 0.4) is 0 Å². The van der Waals surface area contributed by atoms with E-state index in [0.29, 0.717) is 17.8 Å². The predicted molar refractivity (Wildman–Crippen MR) is 119 cm³/mol. The van der Waals surface area contributed by atoms with Crippen LogP contribution in [0.15, 0.2) is 41.2 Å². The molecule has 2 heterocycles. The third kappa shape index (κ3) is 4.11. The fourth-order valence-corrected chi connectivity index (χ4v) is 4.65. The molecule has 0 saturated heterocycles. The van der Waals surface area contributed by atoms with Crippen molar-refractivity contribution in [2.75, 3.05) is 0 Å². The van der Waals surface area contributed by atoms with Gasteiger partial charge in [0.05, 0.1) is 12.1 Å². The summed E-state index contributed by atoms with van der Waals surface area (Å²) < 4.78 is 71.6. The zero-order valence-corrected chi connectivity index (χ0v) is 18.2. The summed E-state index contributed by atoms with van der Waals surface area (Å²) in [6, 6.07) is 9.00. The Morgan fingerprint density at radius 1 is 1.00 bits per heavy atom. The fraction of sp³-hybridized carbons (Fsp3) is 0.375. The summed E-state index contributed by atoms with van der Waals surface area (Å²) in [6.07, 6.45) is -3.89. The largest absolute Gasteiger partial charge is 0.389 e. The molecule has 0 bridgehead atoms. The maximum absolute atomic E-state index is 14.7. The molecule has 5 rings (SSSR count). The molecule has 0 atom stereocenters. The number of nitrogens with zero attached hydrogens (tertiary/aromatic N) is 3. The van der Waals surface area contributed by atoms with Crippen LogP contribution in [0.25, 0.3) is 21.9 Å². The number of fused-ring (bicyclic) bond motifs is 2. The Morgan fingerprint density at radius 3 is 2.44 bits per heavy atom. The molecule has 0 radical (unpaired) electrons. The van der Waals surface area contributed by atoms with Crippen LogP contribution in [-0.2, 0) is 19.6 Å². The number of hydrogen-bond donors (Lipinski definition) is 1. The Hall–Kier alpha value is -3.14. The zero-order valence-electron chi connectivity index (χ0n) is 18.2. The maximum atomic E-state index is 14.7. The number of rotatable bonds is 7. The molecule has 0 unspecified atom stereocenters. The highest BCUT2D eigenvalue weighted by Gasteiger charge is 2.31. The third-order valence-electron chi connectivity index (χ3n) is 6.34.